The van der Waals surface area contributed by atoms with Crippen LogP contribution in [0.5, 0.6) is 0 Å². The summed E-state index contributed by atoms with van der Waals surface area (Å²) >= 11 is 9.46. The Morgan fingerprint density at radius 1 is 0.882 bits per heavy atom. The maximum atomic E-state index is 10.2. The molecule has 1 rings (SSSR count). The van der Waals surface area contributed by atoms with Crippen molar-refractivity contribution in [2.24, 2.45) is 0 Å². The minimum atomic E-state index is -5.22. The Morgan fingerprint density at radius 2 is 1.24 bits per heavy atom. The number of nitrogens with zero attached hydrogens (tertiary/aromatic N) is 1. The summed E-state index contributed by atoms with van der Waals surface area (Å²) in [4.78, 5) is 36.7. The molecule has 0 unspecified atom stereocenters. The van der Waals surface area contributed by atoms with Crippen LogP contribution in [-0.2, 0) is 9.13 Å². The second-order valence-corrected chi connectivity index (χ2v) is 8.87. The number of halogens is 2. The van der Waals surface area contributed by atoms with Crippen LogP contribution in [0.25, 0.3) is 0 Å². The largest absolute Gasteiger partial charge is 0.373 e. The van der Waals surface area contributed by atoms with E-state index in [0.29, 0.717) is 0 Å². The van der Waals surface area contributed by atoms with E-state index in [4.69, 9.17) is 42.8 Å². The smallest absolute Gasteiger partial charge is 0.322 e. The van der Waals surface area contributed by atoms with Crippen molar-refractivity contribution in [3.8, 4) is 0 Å². The van der Waals surface area contributed by atoms with E-state index in [9.17, 15) is 9.13 Å². The van der Waals surface area contributed by atoms with Gasteiger partial charge in [0.05, 0.1) is 0 Å². The summed E-state index contributed by atoms with van der Waals surface area (Å²) in [7, 11) is -10.4. The Kier molecular flexibility index (Phi) is 6.28. The van der Waals surface area contributed by atoms with Crippen LogP contribution < -0.4 is 0 Å². The molecule has 11 heteroatoms. The van der Waals surface area contributed by atoms with Gasteiger partial charge in [0.15, 0.2) is 0 Å². The summed E-state index contributed by atoms with van der Waals surface area (Å²) in [6, 6.07) is 5.72. The molecule has 0 aliphatic carbocycles. The number of rotatable bonds is 2. The van der Waals surface area contributed by atoms with Crippen molar-refractivity contribution in [3.63, 3.8) is 0 Å². The minimum Gasteiger partial charge on any atom is -0.322 e. The number of alkyl halides is 2. The lowest BCUT2D eigenvalue weighted by atomic mass is 10.5. The number of hydrogen-bond donors (Lipinski definition) is 4. The summed E-state index contributed by atoms with van der Waals surface area (Å²) in [5.41, 5.74) is 0. The Hall–Kier alpha value is 0.0300. The highest BCUT2D eigenvalue weighted by Gasteiger charge is 2.58. The van der Waals surface area contributed by atoms with Gasteiger partial charge >= 0.3 is 19.0 Å². The van der Waals surface area contributed by atoms with Gasteiger partial charge in [-0.15, -0.1) is 0 Å². The second kappa shape index (κ2) is 6.27. The second-order valence-electron chi connectivity index (χ2n) is 2.62. The van der Waals surface area contributed by atoms with E-state index in [1.165, 1.54) is 0 Å². The van der Waals surface area contributed by atoms with Crippen molar-refractivity contribution in [1.82, 2.24) is 4.98 Å². The quantitative estimate of drug-likeness (QED) is 0.479. The molecule has 1 aromatic heterocycles. The van der Waals surface area contributed by atoms with E-state index in [2.05, 4.69) is 4.98 Å². The van der Waals surface area contributed by atoms with Crippen molar-refractivity contribution in [3.05, 3.63) is 30.6 Å². The van der Waals surface area contributed by atoms with E-state index in [1.807, 2.05) is 18.2 Å². The van der Waals surface area contributed by atoms with Crippen LogP contribution in [0.2, 0.25) is 0 Å². The first-order valence-electron chi connectivity index (χ1n) is 3.84. The molecule has 0 saturated heterocycles. The first-order chi connectivity index (χ1) is 7.50. The van der Waals surface area contributed by atoms with Gasteiger partial charge in [0.1, 0.15) is 0 Å². The van der Waals surface area contributed by atoms with Gasteiger partial charge in [-0.05, 0) is 12.1 Å². The zero-order valence-corrected chi connectivity index (χ0v) is 11.4. The summed E-state index contributed by atoms with van der Waals surface area (Å²) in [5, 5.41) is 0. The first-order valence-corrected chi connectivity index (χ1v) is 7.82. The molecule has 7 nitrogen and oxygen atoms in total. The van der Waals surface area contributed by atoms with Crippen LogP contribution in [0.3, 0.4) is 0 Å². The van der Waals surface area contributed by atoms with Gasteiger partial charge in [-0.2, -0.15) is 0 Å². The van der Waals surface area contributed by atoms with Crippen LogP contribution in [0.1, 0.15) is 0 Å². The number of hydrogen-bond acceptors (Lipinski definition) is 3. The number of aromatic nitrogens is 1. The lowest BCUT2D eigenvalue weighted by Crippen LogP contribution is -2.13. The van der Waals surface area contributed by atoms with Crippen molar-refractivity contribution in [1.29, 1.82) is 0 Å². The lowest BCUT2D eigenvalue weighted by molar-refractivity contribution is 0.345. The molecule has 0 bridgehead atoms. The predicted octanol–water partition coefficient (Wildman–Crippen LogP) is 1.51. The maximum Gasteiger partial charge on any atom is 0.373 e. The molecule has 0 aliphatic rings. The highest BCUT2D eigenvalue weighted by Crippen LogP contribution is 2.73. The van der Waals surface area contributed by atoms with E-state index < -0.39 is 19.0 Å². The van der Waals surface area contributed by atoms with Crippen LogP contribution in [0.15, 0.2) is 30.6 Å². The zero-order valence-electron chi connectivity index (χ0n) is 8.09. The molecular formula is C6H9Cl2NO6P2. The molecular weight excluding hydrogens is 315 g/mol. The van der Waals surface area contributed by atoms with Gasteiger partial charge in [0.2, 0.25) is 0 Å². The van der Waals surface area contributed by atoms with E-state index in [0.717, 1.165) is 0 Å². The fourth-order valence-electron chi connectivity index (χ4n) is 0.482. The normalized spacial score (nSPS) is 12.6. The van der Waals surface area contributed by atoms with Crippen molar-refractivity contribution in [2.75, 3.05) is 0 Å². The molecule has 1 aromatic rings. The van der Waals surface area contributed by atoms with Gasteiger partial charge < -0.3 is 19.6 Å². The monoisotopic (exact) mass is 323 g/mol. The molecule has 0 atom stereocenters. The van der Waals surface area contributed by atoms with Crippen LogP contribution in [0.4, 0.5) is 0 Å². The maximum absolute atomic E-state index is 10.2. The van der Waals surface area contributed by atoms with Crippen LogP contribution in [-0.4, -0.2) is 28.4 Å². The third-order valence-corrected chi connectivity index (χ3v) is 6.87. The molecule has 0 amide bonds. The third kappa shape index (κ3) is 5.46. The average Bonchev–Trinajstić information content (AvgIpc) is 2.18. The van der Waals surface area contributed by atoms with E-state index in [1.54, 1.807) is 12.4 Å². The standard InChI is InChI=1S/C5H5N.CH4Cl2O6P2/c1-2-4-6-5-3-1;2-1(3,10(4,5)6)11(7,8)9/h1-5H;(H2,4,5,6)(H2,7,8,9). The van der Waals surface area contributed by atoms with Crippen LogP contribution >= 0.6 is 38.4 Å². The first kappa shape index (κ1) is 17.0. The third-order valence-electron chi connectivity index (χ3n) is 1.27. The average molecular weight is 324 g/mol. The Morgan fingerprint density at radius 3 is 1.29 bits per heavy atom. The highest BCUT2D eigenvalue weighted by molar-refractivity contribution is 7.78. The Balaban J connectivity index is 0.000000354. The SMILES string of the molecule is O=P(O)(O)C(Cl)(Cl)P(=O)(O)O.c1ccncc1. The van der Waals surface area contributed by atoms with Gasteiger partial charge in [-0.3, -0.25) is 14.1 Å². The molecule has 0 radical (unpaired) electrons. The van der Waals surface area contributed by atoms with Crippen molar-refractivity contribution in [2.45, 2.75) is 3.82 Å². The van der Waals surface area contributed by atoms with Crippen molar-refractivity contribution < 1.29 is 28.7 Å². The molecule has 98 valence electrons. The molecule has 0 saturated carbocycles. The molecule has 1 heterocycles. The molecule has 17 heavy (non-hydrogen) atoms. The van der Waals surface area contributed by atoms with Gasteiger partial charge in [-0.1, -0.05) is 29.3 Å². The molecule has 0 aromatic carbocycles. The van der Waals surface area contributed by atoms with Gasteiger partial charge in [0, 0.05) is 12.4 Å². The predicted molar refractivity (Wildman–Crippen MR) is 62.8 cm³/mol. The summed E-state index contributed by atoms with van der Waals surface area (Å²) in [6.45, 7) is 0. The van der Waals surface area contributed by atoms with Gasteiger partial charge in [-0.25, -0.2) is 0 Å². The van der Waals surface area contributed by atoms with Crippen LogP contribution in [0, 0.1) is 0 Å². The highest BCUT2D eigenvalue weighted by atomic mass is 35.5. The van der Waals surface area contributed by atoms with Gasteiger partial charge in [0.25, 0.3) is 0 Å². The molecule has 0 fully saturated rings. The van der Waals surface area contributed by atoms with E-state index in [-0.39, 0.29) is 0 Å². The zero-order chi connectivity index (χ0) is 13.7. The summed E-state index contributed by atoms with van der Waals surface area (Å²) < 4.78 is 17.1. The number of pyridine rings is 1. The minimum absolute atomic E-state index is 1.75. The summed E-state index contributed by atoms with van der Waals surface area (Å²) in [5.74, 6) is 0. The topological polar surface area (TPSA) is 128 Å². The van der Waals surface area contributed by atoms with Crippen molar-refractivity contribution >= 4 is 38.4 Å². The summed E-state index contributed by atoms with van der Waals surface area (Å²) in [6.07, 6.45) is 3.50. The lowest BCUT2D eigenvalue weighted by Gasteiger charge is -2.20. The fourth-order valence-corrected chi connectivity index (χ4v) is 1.84. The Labute approximate surface area is 107 Å². The molecule has 0 spiro atoms. The van der Waals surface area contributed by atoms with E-state index >= 15 is 0 Å². The fraction of sp³-hybridized carbons (Fsp3) is 0.167. The Bertz CT molecular complexity index is 379. The molecule has 4 N–H and O–H groups in total. The molecule has 0 aliphatic heterocycles.